The number of anilines is 1. The van der Waals surface area contributed by atoms with E-state index in [0.717, 1.165) is 10.0 Å². The summed E-state index contributed by atoms with van der Waals surface area (Å²) in [5, 5.41) is 13.7. The summed E-state index contributed by atoms with van der Waals surface area (Å²) >= 11 is 4.71. The highest BCUT2D eigenvalue weighted by Crippen LogP contribution is 2.20. The zero-order valence-corrected chi connectivity index (χ0v) is 15.8. The van der Waals surface area contributed by atoms with Crippen molar-refractivity contribution >= 4 is 44.3 Å². The maximum atomic E-state index is 12.3. The molecule has 0 saturated carbocycles. The fourth-order valence-corrected chi connectivity index (χ4v) is 3.61. The Morgan fingerprint density at radius 1 is 1.32 bits per heavy atom. The molecule has 2 N–H and O–H groups in total. The highest BCUT2D eigenvalue weighted by molar-refractivity contribution is 9.10. The Kier molecular flexibility index (Phi) is 5.98. The third-order valence-electron chi connectivity index (χ3n) is 4.08. The first-order chi connectivity index (χ1) is 12.1. The van der Waals surface area contributed by atoms with Gasteiger partial charge >= 0.3 is 6.03 Å². The lowest BCUT2D eigenvalue weighted by Crippen LogP contribution is -2.45. The first-order valence-electron chi connectivity index (χ1n) is 7.96. The third kappa shape index (κ3) is 4.99. The van der Waals surface area contributed by atoms with Crippen molar-refractivity contribution in [2.75, 3.05) is 18.4 Å². The van der Waals surface area contributed by atoms with E-state index in [-0.39, 0.29) is 17.9 Å². The van der Waals surface area contributed by atoms with E-state index in [1.165, 1.54) is 11.3 Å². The van der Waals surface area contributed by atoms with Crippen LogP contribution >= 0.6 is 27.3 Å². The van der Waals surface area contributed by atoms with E-state index in [9.17, 15) is 9.59 Å². The number of nitrogens with one attached hydrogen (secondary N) is 2. The zero-order valence-electron chi connectivity index (χ0n) is 13.4. The summed E-state index contributed by atoms with van der Waals surface area (Å²) in [6.07, 6.45) is 1.30. The van der Waals surface area contributed by atoms with Gasteiger partial charge in [0.2, 0.25) is 11.0 Å². The van der Waals surface area contributed by atoms with Crippen molar-refractivity contribution in [3.05, 3.63) is 39.8 Å². The molecule has 3 rings (SSSR count). The van der Waals surface area contributed by atoms with Crippen molar-refractivity contribution in [3.8, 4) is 0 Å². The summed E-state index contributed by atoms with van der Waals surface area (Å²) in [5.74, 6) is -0.149. The van der Waals surface area contributed by atoms with Crippen molar-refractivity contribution < 1.29 is 9.59 Å². The van der Waals surface area contributed by atoms with Gasteiger partial charge in [0.15, 0.2) is 0 Å². The predicted molar refractivity (Wildman–Crippen MR) is 99.2 cm³/mol. The van der Waals surface area contributed by atoms with E-state index in [0.29, 0.717) is 37.6 Å². The average Bonchev–Trinajstić information content (AvgIpc) is 3.13. The molecule has 1 aliphatic rings. The number of carbonyl (C=O) groups is 2. The molecular formula is C16H18BrN5O2S. The Morgan fingerprint density at radius 3 is 2.80 bits per heavy atom. The van der Waals surface area contributed by atoms with Gasteiger partial charge in [0.05, 0.1) is 0 Å². The third-order valence-corrected chi connectivity index (χ3v) is 5.18. The Hall–Kier alpha value is -2.00. The first kappa shape index (κ1) is 17.8. The Balaban J connectivity index is 1.43. The number of rotatable bonds is 4. The number of amides is 3. The van der Waals surface area contributed by atoms with Gasteiger partial charge in [0, 0.05) is 30.0 Å². The molecule has 1 saturated heterocycles. The van der Waals surface area contributed by atoms with Crippen LogP contribution in [0.2, 0.25) is 0 Å². The number of piperidine rings is 1. The van der Waals surface area contributed by atoms with Gasteiger partial charge in [-0.25, -0.2) is 4.79 Å². The molecule has 3 amide bonds. The van der Waals surface area contributed by atoms with Crippen LogP contribution in [0.4, 0.5) is 9.93 Å². The molecule has 0 radical (unpaired) electrons. The van der Waals surface area contributed by atoms with Crippen LogP contribution in [-0.2, 0) is 11.3 Å². The molecule has 2 heterocycles. The summed E-state index contributed by atoms with van der Waals surface area (Å²) in [6, 6.07) is 7.73. The minimum Gasteiger partial charge on any atom is -0.334 e. The number of benzene rings is 1. The van der Waals surface area contributed by atoms with Crippen LogP contribution in [-0.4, -0.2) is 40.1 Å². The van der Waals surface area contributed by atoms with Crippen LogP contribution in [0.3, 0.4) is 0 Å². The minimum absolute atomic E-state index is 0.0501. The lowest BCUT2D eigenvalue weighted by molar-refractivity contribution is -0.121. The summed E-state index contributed by atoms with van der Waals surface area (Å²) in [6.45, 7) is 1.62. The maximum absolute atomic E-state index is 12.3. The van der Waals surface area contributed by atoms with Crippen LogP contribution in [0.25, 0.3) is 0 Å². The molecule has 0 aliphatic carbocycles. The first-order valence-corrected chi connectivity index (χ1v) is 9.63. The van der Waals surface area contributed by atoms with Crippen LogP contribution in [0.1, 0.15) is 18.4 Å². The number of nitrogens with zero attached hydrogens (tertiary/aromatic N) is 3. The highest BCUT2D eigenvalue weighted by Gasteiger charge is 2.27. The zero-order chi connectivity index (χ0) is 17.6. The van der Waals surface area contributed by atoms with Crippen LogP contribution in [0.15, 0.2) is 34.2 Å². The number of carbonyl (C=O) groups excluding carboxylic acids is 2. The van der Waals surface area contributed by atoms with E-state index >= 15 is 0 Å². The topological polar surface area (TPSA) is 87.2 Å². The quantitative estimate of drug-likeness (QED) is 0.790. The SMILES string of the molecule is O=C(Nc1nncs1)C1CCN(C(=O)NCc2cccc(Br)c2)CC1. The molecule has 132 valence electrons. The summed E-state index contributed by atoms with van der Waals surface area (Å²) in [4.78, 5) is 26.2. The van der Waals surface area contributed by atoms with E-state index in [1.54, 1.807) is 10.4 Å². The van der Waals surface area contributed by atoms with Crippen molar-refractivity contribution in [1.29, 1.82) is 0 Å². The largest absolute Gasteiger partial charge is 0.334 e. The Labute approximate surface area is 158 Å². The Morgan fingerprint density at radius 2 is 2.12 bits per heavy atom. The van der Waals surface area contributed by atoms with Gasteiger partial charge in [-0.05, 0) is 30.5 Å². The highest BCUT2D eigenvalue weighted by atomic mass is 79.9. The van der Waals surface area contributed by atoms with Crippen molar-refractivity contribution in [3.63, 3.8) is 0 Å². The fraction of sp³-hybridized carbons (Fsp3) is 0.375. The molecular weight excluding hydrogens is 406 g/mol. The summed E-state index contributed by atoms with van der Waals surface area (Å²) in [5.41, 5.74) is 2.61. The molecule has 1 fully saturated rings. The molecule has 1 aromatic carbocycles. The minimum atomic E-state index is -0.0990. The summed E-state index contributed by atoms with van der Waals surface area (Å²) in [7, 11) is 0. The van der Waals surface area contributed by atoms with Gasteiger partial charge in [-0.3, -0.25) is 4.79 Å². The van der Waals surface area contributed by atoms with E-state index in [2.05, 4.69) is 36.8 Å². The molecule has 0 spiro atoms. The fourth-order valence-electron chi connectivity index (χ4n) is 2.72. The van der Waals surface area contributed by atoms with Gasteiger partial charge in [-0.1, -0.05) is 39.4 Å². The smallest absolute Gasteiger partial charge is 0.317 e. The molecule has 2 aromatic rings. The standard InChI is InChI=1S/C16H18BrN5O2S/c17-13-3-1-2-11(8-13)9-18-16(24)22-6-4-12(5-7-22)14(23)20-15-21-19-10-25-15/h1-3,8,10,12H,4-7,9H2,(H,18,24)(H,20,21,23). The van der Waals surface area contributed by atoms with Gasteiger partial charge in [-0.15, -0.1) is 10.2 Å². The second kappa shape index (κ2) is 8.39. The molecule has 0 unspecified atom stereocenters. The Bertz CT molecular complexity index is 732. The number of urea groups is 1. The van der Waals surface area contributed by atoms with Crippen molar-refractivity contribution in [2.45, 2.75) is 19.4 Å². The van der Waals surface area contributed by atoms with Crippen molar-refractivity contribution in [2.24, 2.45) is 5.92 Å². The number of halogens is 1. The average molecular weight is 424 g/mol. The molecule has 0 bridgehead atoms. The number of aromatic nitrogens is 2. The lowest BCUT2D eigenvalue weighted by Gasteiger charge is -2.31. The van der Waals surface area contributed by atoms with Crippen LogP contribution < -0.4 is 10.6 Å². The molecule has 7 nitrogen and oxygen atoms in total. The van der Waals surface area contributed by atoms with Gasteiger partial charge in [0.25, 0.3) is 0 Å². The van der Waals surface area contributed by atoms with Gasteiger partial charge in [-0.2, -0.15) is 0 Å². The van der Waals surface area contributed by atoms with Crippen LogP contribution in [0.5, 0.6) is 0 Å². The lowest BCUT2D eigenvalue weighted by atomic mass is 9.96. The maximum Gasteiger partial charge on any atom is 0.317 e. The molecule has 25 heavy (non-hydrogen) atoms. The molecule has 1 aliphatic heterocycles. The monoisotopic (exact) mass is 423 g/mol. The number of hydrogen-bond acceptors (Lipinski definition) is 5. The summed E-state index contributed by atoms with van der Waals surface area (Å²) < 4.78 is 0.988. The van der Waals surface area contributed by atoms with E-state index in [4.69, 9.17) is 0 Å². The van der Waals surface area contributed by atoms with Crippen LogP contribution in [0, 0.1) is 5.92 Å². The molecule has 0 atom stereocenters. The number of likely N-dealkylation sites (tertiary alicyclic amines) is 1. The van der Waals surface area contributed by atoms with E-state index in [1.807, 2.05) is 24.3 Å². The second-order valence-electron chi connectivity index (χ2n) is 5.78. The van der Waals surface area contributed by atoms with Gasteiger partial charge in [0.1, 0.15) is 5.51 Å². The normalized spacial score (nSPS) is 15.0. The number of hydrogen-bond donors (Lipinski definition) is 2. The predicted octanol–water partition coefficient (Wildman–Crippen LogP) is 2.86. The van der Waals surface area contributed by atoms with E-state index < -0.39 is 0 Å². The molecule has 9 heteroatoms. The molecule has 1 aromatic heterocycles. The van der Waals surface area contributed by atoms with Crippen molar-refractivity contribution in [1.82, 2.24) is 20.4 Å². The second-order valence-corrected chi connectivity index (χ2v) is 7.53. The van der Waals surface area contributed by atoms with Gasteiger partial charge < -0.3 is 15.5 Å².